The van der Waals surface area contributed by atoms with Gasteiger partial charge in [0.2, 0.25) is 0 Å². The molecule has 23 heavy (non-hydrogen) atoms. The molecule has 128 valence electrons. The first kappa shape index (κ1) is 18.6. The van der Waals surface area contributed by atoms with Gasteiger partial charge in [-0.3, -0.25) is 0 Å². The van der Waals surface area contributed by atoms with E-state index in [2.05, 4.69) is 58.8 Å². The Balaban J connectivity index is 0.00000192. The fraction of sp³-hybridized carbons (Fsp3) is 0.647. The second-order valence-electron chi connectivity index (χ2n) is 7.50. The summed E-state index contributed by atoms with van der Waals surface area (Å²) in [6.45, 7) is 9.09. The Bertz CT molecular complexity index is 561. The minimum Gasteiger partial charge on any atom is -0.493 e. The molecule has 1 fully saturated rings. The summed E-state index contributed by atoms with van der Waals surface area (Å²) >= 11 is 0. The molecule has 2 aliphatic heterocycles. The number of fused-ring (bicyclic) bond motifs is 1. The first-order chi connectivity index (χ1) is 10.2. The van der Waals surface area contributed by atoms with Crippen molar-refractivity contribution in [1.82, 2.24) is 4.90 Å². The van der Waals surface area contributed by atoms with Crippen molar-refractivity contribution >= 4 is 25.0 Å². The minimum atomic E-state index is -0.319. The third kappa shape index (κ3) is 3.25. The van der Waals surface area contributed by atoms with Crippen LogP contribution in [-0.2, 0) is 9.31 Å². The van der Waals surface area contributed by atoms with Gasteiger partial charge in [0.25, 0.3) is 0 Å². The summed E-state index contributed by atoms with van der Waals surface area (Å²) in [5.74, 6) is 0.977. The molecule has 4 nitrogen and oxygen atoms in total. The largest absolute Gasteiger partial charge is 0.494 e. The molecule has 1 atom stereocenters. The molecule has 2 heterocycles. The van der Waals surface area contributed by atoms with Gasteiger partial charge in [-0.15, -0.1) is 12.4 Å². The van der Waals surface area contributed by atoms with Gasteiger partial charge in [-0.1, -0.05) is 12.1 Å². The van der Waals surface area contributed by atoms with Gasteiger partial charge in [0.1, 0.15) is 5.75 Å². The number of hydrogen-bond acceptors (Lipinski definition) is 4. The quantitative estimate of drug-likeness (QED) is 0.775. The summed E-state index contributed by atoms with van der Waals surface area (Å²) in [6.07, 6.45) is 1.01. The number of ether oxygens (including phenoxy) is 1. The predicted molar refractivity (Wildman–Crippen MR) is 95.9 cm³/mol. The van der Waals surface area contributed by atoms with Crippen LogP contribution in [0.4, 0.5) is 0 Å². The smallest absolute Gasteiger partial charge is 0.493 e. The summed E-state index contributed by atoms with van der Waals surface area (Å²) in [6, 6.07) is 6.66. The van der Waals surface area contributed by atoms with E-state index in [-0.39, 0.29) is 30.7 Å². The molecule has 0 amide bonds. The fourth-order valence-corrected chi connectivity index (χ4v) is 3.06. The number of rotatable bonds is 2. The number of hydrogen-bond donors (Lipinski definition) is 0. The van der Waals surface area contributed by atoms with Crippen molar-refractivity contribution in [3.63, 3.8) is 0 Å². The predicted octanol–water partition coefficient (Wildman–Crippen LogP) is 2.79. The van der Waals surface area contributed by atoms with Crippen molar-refractivity contribution < 1.29 is 14.0 Å². The Morgan fingerprint density at radius 1 is 1.09 bits per heavy atom. The zero-order valence-corrected chi connectivity index (χ0v) is 15.7. The van der Waals surface area contributed by atoms with Gasteiger partial charge in [-0.2, -0.15) is 0 Å². The van der Waals surface area contributed by atoms with Gasteiger partial charge in [0.15, 0.2) is 0 Å². The highest BCUT2D eigenvalue weighted by atomic mass is 35.5. The molecule has 0 aliphatic carbocycles. The van der Waals surface area contributed by atoms with E-state index in [4.69, 9.17) is 14.0 Å². The molecule has 0 unspecified atom stereocenters. The van der Waals surface area contributed by atoms with Crippen LogP contribution in [0.1, 0.15) is 45.7 Å². The van der Waals surface area contributed by atoms with Crippen LogP contribution >= 0.6 is 12.4 Å². The van der Waals surface area contributed by atoms with Crippen LogP contribution < -0.4 is 10.2 Å². The van der Waals surface area contributed by atoms with Gasteiger partial charge in [-0.25, -0.2) is 0 Å². The van der Waals surface area contributed by atoms with E-state index in [1.807, 2.05) is 6.07 Å². The lowest BCUT2D eigenvalue weighted by Gasteiger charge is -2.32. The van der Waals surface area contributed by atoms with E-state index in [1.54, 1.807) is 0 Å². The van der Waals surface area contributed by atoms with Crippen LogP contribution in [0.15, 0.2) is 18.2 Å². The van der Waals surface area contributed by atoms with Crippen molar-refractivity contribution in [2.45, 2.75) is 51.4 Å². The van der Waals surface area contributed by atoms with Crippen LogP contribution in [0, 0.1) is 0 Å². The Hall–Kier alpha value is -0.745. The van der Waals surface area contributed by atoms with E-state index in [0.29, 0.717) is 6.04 Å². The van der Waals surface area contributed by atoms with Crippen molar-refractivity contribution in [3.05, 3.63) is 23.8 Å². The topological polar surface area (TPSA) is 30.9 Å². The molecule has 2 aliphatic rings. The third-order valence-corrected chi connectivity index (χ3v) is 5.19. The standard InChI is InChI=1S/C17H26BNO3.ClH/c1-16(2)17(3,4)22-18(21-16)12-7-8-15-13(11-12)14(19(5)6)9-10-20-15;/h7-8,11,14H,9-10H2,1-6H3;1H/t14-;/m1./s1. The third-order valence-electron chi connectivity index (χ3n) is 5.19. The average Bonchev–Trinajstić information content (AvgIpc) is 2.66. The molecule has 1 saturated heterocycles. The van der Waals surface area contributed by atoms with Gasteiger partial charge >= 0.3 is 7.12 Å². The van der Waals surface area contributed by atoms with E-state index in [0.717, 1.165) is 24.2 Å². The summed E-state index contributed by atoms with van der Waals surface area (Å²) in [7, 11) is 3.91. The molecule has 0 bridgehead atoms. The SMILES string of the molecule is CN(C)[C@@H]1CCOc2ccc(B3OC(C)(C)C(C)(C)O3)cc21.Cl. The van der Waals surface area contributed by atoms with Crippen LogP contribution in [0.5, 0.6) is 5.75 Å². The molecule has 0 aromatic heterocycles. The Labute approximate surface area is 146 Å². The zero-order chi connectivity index (χ0) is 16.1. The van der Waals surface area contributed by atoms with E-state index in [1.165, 1.54) is 5.56 Å². The van der Waals surface area contributed by atoms with Gasteiger partial charge in [-0.05, 0) is 53.3 Å². The lowest BCUT2D eigenvalue weighted by molar-refractivity contribution is 0.00578. The normalized spacial score (nSPS) is 24.8. The highest BCUT2D eigenvalue weighted by Gasteiger charge is 2.51. The maximum Gasteiger partial charge on any atom is 0.494 e. The summed E-state index contributed by atoms with van der Waals surface area (Å²) < 4.78 is 18.1. The zero-order valence-electron chi connectivity index (χ0n) is 14.9. The van der Waals surface area contributed by atoms with Crippen molar-refractivity contribution in [1.29, 1.82) is 0 Å². The highest BCUT2D eigenvalue weighted by molar-refractivity contribution is 6.62. The molecule has 1 aromatic rings. The van der Waals surface area contributed by atoms with E-state index >= 15 is 0 Å². The summed E-state index contributed by atoms with van der Waals surface area (Å²) in [5.41, 5.74) is 1.66. The van der Waals surface area contributed by atoms with Gasteiger partial charge in [0, 0.05) is 18.0 Å². The lowest BCUT2D eigenvalue weighted by atomic mass is 9.77. The lowest BCUT2D eigenvalue weighted by Crippen LogP contribution is -2.41. The van der Waals surface area contributed by atoms with Gasteiger partial charge < -0.3 is 18.9 Å². The Morgan fingerprint density at radius 3 is 2.26 bits per heavy atom. The molecule has 3 rings (SSSR count). The van der Waals surface area contributed by atoms with Crippen LogP contribution in [0.2, 0.25) is 0 Å². The second-order valence-corrected chi connectivity index (χ2v) is 7.50. The number of nitrogens with zero attached hydrogens (tertiary/aromatic N) is 1. The molecule has 1 aromatic carbocycles. The molecular weight excluding hydrogens is 312 g/mol. The summed E-state index contributed by atoms with van der Waals surface area (Å²) in [4.78, 5) is 2.25. The monoisotopic (exact) mass is 339 g/mol. The molecule has 6 heteroatoms. The first-order valence-electron chi connectivity index (χ1n) is 8.00. The molecule has 0 saturated carbocycles. The highest BCUT2D eigenvalue weighted by Crippen LogP contribution is 2.38. The van der Waals surface area contributed by atoms with Crippen molar-refractivity contribution in [3.8, 4) is 5.75 Å². The van der Waals surface area contributed by atoms with Crippen LogP contribution in [-0.4, -0.2) is 43.9 Å². The van der Waals surface area contributed by atoms with Crippen molar-refractivity contribution in [2.75, 3.05) is 20.7 Å². The second kappa shape index (κ2) is 6.28. The minimum absolute atomic E-state index is 0. The average molecular weight is 340 g/mol. The van der Waals surface area contributed by atoms with Crippen molar-refractivity contribution in [2.24, 2.45) is 0 Å². The maximum atomic E-state index is 6.16. The van der Waals surface area contributed by atoms with Crippen LogP contribution in [0.3, 0.4) is 0 Å². The Morgan fingerprint density at radius 2 is 1.70 bits per heavy atom. The molecule has 0 spiro atoms. The number of benzene rings is 1. The maximum absolute atomic E-state index is 6.16. The van der Waals surface area contributed by atoms with Crippen LogP contribution in [0.25, 0.3) is 0 Å². The molecule has 0 radical (unpaired) electrons. The summed E-state index contributed by atoms with van der Waals surface area (Å²) in [5, 5.41) is 0. The van der Waals surface area contributed by atoms with E-state index in [9.17, 15) is 0 Å². The van der Waals surface area contributed by atoms with Gasteiger partial charge in [0.05, 0.1) is 17.8 Å². The van der Waals surface area contributed by atoms with E-state index < -0.39 is 0 Å². The first-order valence-corrected chi connectivity index (χ1v) is 8.00. The fourth-order valence-electron chi connectivity index (χ4n) is 3.06. The molecule has 0 N–H and O–H groups in total. The number of halogens is 1. The molecular formula is C17H27BClNO3. The Kier molecular flexibility index (Phi) is 5.08.